The fourth-order valence-corrected chi connectivity index (χ4v) is 5.24. The van der Waals surface area contributed by atoms with Crippen LogP contribution < -0.4 is 14.8 Å². The number of nitrogens with one attached hydrogen (secondary N) is 2. The van der Waals surface area contributed by atoms with Crippen LogP contribution in [-0.2, 0) is 16.6 Å². The van der Waals surface area contributed by atoms with Gasteiger partial charge in [0.1, 0.15) is 35.5 Å². The number of hydrogen-bond donors (Lipinski definition) is 2. The van der Waals surface area contributed by atoms with Gasteiger partial charge in [0.2, 0.25) is 10.0 Å². The van der Waals surface area contributed by atoms with Crippen molar-refractivity contribution in [3.05, 3.63) is 92.5 Å². The van der Waals surface area contributed by atoms with Crippen molar-refractivity contribution < 1.29 is 31.1 Å². The van der Waals surface area contributed by atoms with E-state index in [4.69, 9.17) is 16.3 Å². The molecule has 0 aliphatic heterocycles. The number of aryl methyl sites for hydroxylation is 1. The zero-order chi connectivity index (χ0) is 27.6. The molecule has 0 aliphatic carbocycles. The van der Waals surface area contributed by atoms with Gasteiger partial charge in [0, 0.05) is 33.3 Å². The first-order chi connectivity index (χ1) is 17.9. The summed E-state index contributed by atoms with van der Waals surface area (Å²) in [6.45, 7) is 1.49. The van der Waals surface area contributed by atoms with Crippen molar-refractivity contribution in [3.8, 4) is 17.0 Å². The van der Waals surface area contributed by atoms with E-state index in [9.17, 15) is 26.4 Å². The number of thiophene rings is 1. The first kappa shape index (κ1) is 27.4. The minimum atomic E-state index is -3.56. The van der Waals surface area contributed by atoms with Crippen molar-refractivity contribution in [1.82, 2.24) is 4.98 Å². The fraction of sp³-hybridized carbons (Fsp3) is 0.120. The average molecular weight is 582 g/mol. The van der Waals surface area contributed by atoms with Crippen LogP contribution in [0.25, 0.3) is 11.3 Å². The summed E-state index contributed by atoms with van der Waals surface area (Å²) < 4.78 is 72.0. The zero-order valence-electron chi connectivity index (χ0n) is 19.8. The molecule has 0 aliphatic rings. The van der Waals surface area contributed by atoms with Crippen molar-refractivity contribution >= 4 is 50.2 Å². The van der Waals surface area contributed by atoms with Crippen LogP contribution in [0.4, 0.5) is 24.5 Å². The van der Waals surface area contributed by atoms with Gasteiger partial charge in [0.15, 0.2) is 0 Å². The molecule has 2 heterocycles. The van der Waals surface area contributed by atoms with Gasteiger partial charge >= 0.3 is 0 Å². The van der Waals surface area contributed by atoms with Gasteiger partial charge in [-0.25, -0.2) is 26.6 Å². The standard InChI is InChI=1S/C25H19ClF3N3O4S2/c1-13-21(24-22(8-18(29)11-30-24)36-12-14-3-16(27)7-17(28)4-14)10-23(37-13)25(33)31-19-5-15(26)6-20(9-19)32-38(2,34)35/h3-11,32H,12H2,1-2H3,(H,31,33). The maximum atomic E-state index is 14.0. The molecule has 2 aromatic heterocycles. The van der Waals surface area contributed by atoms with Crippen molar-refractivity contribution in [2.45, 2.75) is 13.5 Å². The van der Waals surface area contributed by atoms with Crippen LogP contribution in [0.15, 0.2) is 54.7 Å². The highest BCUT2D eigenvalue weighted by Crippen LogP contribution is 2.36. The molecule has 0 radical (unpaired) electrons. The summed E-state index contributed by atoms with van der Waals surface area (Å²) in [5.74, 6) is -2.71. The summed E-state index contributed by atoms with van der Waals surface area (Å²) in [5, 5.41) is 2.87. The molecule has 0 fully saturated rings. The number of aromatic nitrogens is 1. The molecule has 0 atom stereocenters. The Morgan fingerprint density at radius 3 is 2.37 bits per heavy atom. The van der Waals surface area contributed by atoms with Gasteiger partial charge in [-0.3, -0.25) is 9.52 Å². The third-order valence-electron chi connectivity index (χ3n) is 4.99. The second-order valence-electron chi connectivity index (χ2n) is 8.20. The van der Waals surface area contributed by atoms with E-state index in [2.05, 4.69) is 15.0 Å². The van der Waals surface area contributed by atoms with Gasteiger partial charge in [-0.05, 0) is 48.9 Å². The molecule has 7 nitrogen and oxygen atoms in total. The van der Waals surface area contributed by atoms with E-state index in [1.165, 1.54) is 18.2 Å². The molecule has 2 aromatic carbocycles. The number of nitrogens with zero attached hydrogens (tertiary/aromatic N) is 1. The molecule has 13 heteroatoms. The summed E-state index contributed by atoms with van der Waals surface area (Å²) in [7, 11) is -3.56. The Morgan fingerprint density at radius 1 is 1.00 bits per heavy atom. The number of carbonyl (C=O) groups excluding carboxylic acids is 1. The Balaban J connectivity index is 1.58. The Kier molecular flexibility index (Phi) is 7.95. The first-order valence-corrected chi connectivity index (χ1v) is 13.9. The van der Waals surface area contributed by atoms with Crippen LogP contribution in [0.2, 0.25) is 5.02 Å². The number of pyridine rings is 1. The average Bonchev–Trinajstić information content (AvgIpc) is 3.17. The predicted molar refractivity (Wildman–Crippen MR) is 141 cm³/mol. The highest BCUT2D eigenvalue weighted by atomic mass is 35.5. The maximum Gasteiger partial charge on any atom is 0.265 e. The Bertz CT molecular complexity index is 1620. The summed E-state index contributed by atoms with van der Waals surface area (Å²) in [5.41, 5.74) is 1.36. The Labute approximate surface area is 225 Å². The minimum Gasteiger partial charge on any atom is -0.487 e. The third-order valence-corrected chi connectivity index (χ3v) is 6.87. The molecular formula is C25H19ClF3N3O4S2. The summed E-state index contributed by atoms with van der Waals surface area (Å²) in [6.07, 6.45) is 1.98. The monoisotopic (exact) mass is 581 g/mol. The molecular weight excluding hydrogens is 563 g/mol. The van der Waals surface area contributed by atoms with Crippen molar-refractivity contribution in [2.24, 2.45) is 0 Å². The lowest BCUT2D eigenvalue weighted by Crippen LogP contribution is -2.12. The maximum absolute atomic E-state index is 14.0. The largest absolute Gasteiger partial charge is 0.487 e. The van der Waals surface area contributed by atoms with Gasteiger partial charge in [-0.2, -0.15) is 0 Å². The van der Waals surface area contributed by atoms with E-state index in [0.29, 0.717) is 10.4 Å². The minimum absolute atomic E-state index is 0.0221. The van der Waals surface area contributed by atoms with Crippen LogP contribution >= 0.6 is 22.9 Å². The number of sulfonamides is 1. The van der Waals surface area contributed by atoms with Gasteiger partial charge in [0.05, 0.1) is 23.0 Å². The summed E-state index contributed by atoms with van der Waals surface area (Å²) in [6, 6.07) is 9.83. The van der Waals surface area contributed by atoms with Crippen molar-refractivity contribution in [3.63, 3.8) is 0 Å². The highest BCUT2D eigenvalue weighted by Gasteiger charge is 2.19. The zero-order valence-corrected chi connectivity index (χ0v) is 22.2. The lowest BCUT2D eigenvalue weighted by molar-refractivity contribution is 0.103. The second kappa shape index (κ2) is 11.0. The van der Waals surface area contributed by atoms with Crippen molar-refractivity contribution in [2.75, 3.05) is 16.3 Å². The first-order valence-electron chi connectivity index (χ1n) is 10.8. The smallest absolute Gasteiger partial charge is 0.265 e. The molecule has 38 heavy (non-hydrogen) atoms. The quantitative estimate of drug-likeness (QED) is 0.251. The molecule has 0 spiro atoms. The van der Waals surface area contributed by atoms with Crippen LogP contribution in [0.3, 0.4) is 0 Å². The number of hydrogen-bond acceptors (Lipinski definition) is 6. The van der Waals surface area contributed by atoms with E-state index >= 15 is 0 Å². The van der Waals surface area contributed by atoms with E-state index in [1.807, 2.05) is 0 Å². The molecule has 4 rings (SSSR count). The number of amides is 1. The SMILES string of the molecule is Cc1sc(C(=O)Nc2cc(Cl)cc(NS(C)(=O)=O)c2)cc1-c1ncc(F)cc1OCc1cc(F)cc(F)c1. The van der Waals surface area contributed by atoms with E-state index in [-0.39, 0.29) is 44.9 Å². The van der Waals surface area contributed by atoms with E-state index in [0.717, 1.165) is 48.1 Å². The number of carbonyl (C=O) groups is 1. The number of benzene rings is 2. The van der Waals surface area contributed by atoms with Crippen LogP contribution in [0.5, 0.6) is 5.75 Å². The van der Waals surface area contributed by atoms with Gasteiger partial charge < -0.3 is 10.1 Å². The number of anilines is 2. The van der Waals surface area contributed by atoms with Gasteiger partial charge in [-0.15, -0.1) is 11.3 Å². The summed E-state index contributed by atoms with van der Waals surface area (Å²) in [4.78, 5) is 18.0. The van der Waals surface area contributed by atoms with Crippen molar-refractivity contribution in [1.29, 1.82) is 0 Å². The number of rotatable bonds is 8. The molecule has 198 valence electrons. The molecule has 0 unspecified atom stereocenters. The lowest BCUT2D eigenvalue weighted by Gasteiger charge is -2.11. The number of ether oxygens (including phenoxy) is 1. The molecule has 2 N–H and O–H groups in total. The Hall–Kier alpha value is -3.61. The fourth-order valence-electron chi connectivity index (χ4n) is 3.54. The molecule has 0 saturated heterocycles. The Morgan fingerprint density at radius 2 is 1.68 bits per heavy atom. The molecule has 0 saturated carbocycles. The normalized spacial score (nSPS) is 11.3. The van der Waals surface area contributed by atoms with Crippen LogP contribution in [0, 0.1) is 24.4 Å². The molecule has 4 aromatic rings. The molecule has 0 bridgehead atoms. The van der Waals surface area contributed by atoms with Gasteiger partial charge in [-0.1, -0.05) is 11.6 Å². The van der Waals surface area contributed by atoms with E-state index in [1.54, 1.807) is 13.0 Å². The topological polar surface area (TPSA) is 97.4 Å². The van der Waals surface area contributed by atoms with E-state index < -0.39 is 33.4 Å². The summed E-state index contributed by atoms with van der Waals surface area (Å²) >= 11 is 7.20. The third kappa shape index (κ3) is 7.03. The second-order valence-corrected chi connectivity index (χ2v) is 11.6. The van der Waals surface area contributed by atoms with Crippen LogP contribution in [-0.4, -0.2) is 25.6 Å². The lowest BCUT2D eigenvalue weighted by atomic mass is 10.1. The number of halogens is 4. The highest BCUT2D eigenvalue weighted by molar-refractivity contribution is 7.92. The van der Waals surface area contributed by atoms with Crippen LogP contribution in [0.1, 0.15) is 20.1 Å². The molecule has 1 amide bonds. The predicted octanol–water partition coefficient (Wildman–Crippen LogP) is 6.39. The van der Waals surface area contributed by atoms with Gasteiger partial charge in [0.25, 0.3) is 5.91 Å².